The van der Waals surface area contributed by atoms with E-state index in [4.69, 9.17) is 8.54 Å². The van der Waals surface area contributed by atoms with Crippen molar-refractivity contribution >= 4 is 17.1 Å². The molecule has 0 radical (unpaired) electrons. The van der Waals surface area contributed by atoms with Crippen molar-refractivity contribution in [2.75, 3.05) is 7.11 Å². The molecule has 0 saturated heterocycles. The van der Waals surface area contributed by atoms with Crippen LogP contribution in [0.2, 0.25) is 25.2 Å². The summed E-state index contributed by atoms with van der Waals surface area (Å²) < 4.78 is 11.8. The van der Waals surface area contributed by atoms with Crippen LogP contribution in [0, 0.1) is 5.92 Å². The molecule has 21 heavy (non-hydrogen) atoms. The van der Waals surface area contributed by atoms with E-state index in [-0.39, 0.29) is 0 Å². The van der Waals surface area contributed by atoms with Gasteiger partial charge in [0.25, 0.3) is 0 Å². The Morgan fingerprint density at radius 2 is 1.76 bits per heavy atom. The molecule has 0 spiro atoms. The molecule has 1 rings (SSSR count). The van der Waals surface area contributed by atoms with Crippen LogP contribution in [0.25, 0.3) is 0 Å². The summed E-state index contributed by atoms with van der Waals surface area (Å²) >= 11 is 0. The summed E-state index contributed by atoms with van der Waals surface area (Å²) in [6, 6.07) is 1.74. The van der Waals surface area contributed by atoms with Gasteiger partial charge in [0.05, 0.1) is 12.2 Å². The van der Waals surface area contributed by atoms with Crippen molar-refractivity contribution in [2.45, 2.75) is 76.4 Å². The summed E-state index contributed by atoms with van der Waals surface area (Å²) in [7, 11) is -3.28. The van der Waals surface area contributed by atoms with Crippen LogP contribution in [0.4, 0.5) is 0 Å². The van der Waals surface area contributed by atoms with E-state index in [9.17, 15) is 15.0 Å². The second-order valence-corrected chi connectivity index (χ2v) is 13.7. The molecule has 0 aromatic heterocycles. The van der Waals surface area contributed by atoms with Gasteiger partial charge in [-0.05, 0) is 56.8 Å². The van der Waals surface area contributed by atoms with Crippen LogP contribution in [-0.2, 0) is 8.54 Å². The maximum atomic E-state index is 10.1. The van der Waals surface area contributed by atoms with Gasteiger partial charge in [0.15, 0.2) is 0 Å². The van der Waals surface area contributed by atoms with Crippen LogP contribution >= 0.6 is 0 Å². The minimum atomic E-state index is -2.61. The Morgan fingerprint density at radius 1 is 1.10 bits per heavy atom. The summed E-state index contributed by atoms with van der Waals surface area (Å²) in [5.74, 6) is 0.411. The predicted molar refractivity (Wildman–Crippen MR) is 87.4 cm³/mol. The molecule has 0 amide bonds. The first-order valence-electron chi connectivity index (χ1n) is 8.05. The van der Waals surface area contributed by atoms with Crippen molar-refractivity contribution in [3.63, 3.8) is 0 Å². The minimum absolute atomic E-state index is 0.411. The minimum Gasteiger partial charge on any atom is -0.415 e. The van der Waals surface area contributed by atoms with E-state index >= 15 is 0 Å². The molecule has 1 aliphatic rings. The van der Waals surface area contributed by atoms with E-state index in [0.29, 0.717) is 18.8 Å². The highest BCUT2D eigenvalue weighted by Crippen LogP contribution is 2.33. The Balaban J connectivity index is 2.60. The summed E-state index contributed by atoms with van der Waals surface area (Å²) in [5.41, 5.74) is 0. The molecule has 0 aliphatic heterocycles. The van der Waals surface area contributed by atoms with Crippen molar-refractivity contribution < 1.29 is 23.5 Å². The normalized spacial score (nSPS) is 30.1. The first-order chi connectivity index (χ1) is 9.71. The Kier molecular flexibility index (Phi) is 7.52. The molecule has 1 saturated carbocycles. The molecule has 4 atom stereocenters. The zero-order valence-corrected chi connectivity index (χ0v) is 15.8. The maximum absolute atomic E-state index is 10.1. The SMILES string of the molecule is CCC[Si](CCC1CCC(O)C(O)C1)(OC)O[Si](C)(C)O. The summed E-state index contributed by atoms with van der Waals surface area (Å²) in [5, 5.41) is 19.4. The van der Waals surface area contributed by atoms with Gasteiger partial charge in [-0.15, -0.1) is 0 Å². The zero-order chi connectivity index (χ0) is 16.1. The van der Waals surface area contributed by atoms with Crippen molar-refractivity contribution in [1.82, 2.24) is 0 Å². The number of hydrogen-bond acceptors (Lipinski definition) is 5. The van der Waals surface area contributed by atoms with E-state index in [1.165, 1.54) is 0 Å². The maximum Gasteiger partial charge on any atom is 0.329 e. The highest BCUT2D eigenvalue weighted by atomic mass is 28.5. The average molecular weight is 337 g/mol. The number of aliphatic hydroxyl groups excluding tert-OH is 2. The number of aliphatic hydroxyl groups is 2. The molecule has 1 aliphatic carbocycles. The molecule has 0 bridgehead atoms. The second-order valence-electron chi connectivity index (χ2n) is 6.77. The molecule has 3 N–H and O–H groups in total. The van der Waals surface area contributed by atoms with Gasteiger partial charge in [-0.3, -0.25) is 0 Å². The van der Waals surface area contributed by atoms with Crippen molar-refractivity contribution in [1.29, 1.82) is 0 Å². The molecule has 0 heterocycles. The molecule has 4 unspecified atom stereocenters. The highest BCUT2D eigenvalue weighted by molar-refractivity contribution is 6.79. The first-order valence-corrected chi connectivity index (χ1v) is 13.1. The largest absolute Gasteiger partial charge is 0.415 e. The fourth-order valence-electron chi connectivity index (χ4n) is 3.21. The smallest absolute Gasteiger partial charge is 0.329 e. The number of hydrogen-bond donors (Lipinski definition) is 3. The molecule has 0 aromatic carbocycles. The lowest BCUT2D eigenvalue weighted by atomic mass is 9.84. The van der Waals surface area contributed by atoms with Crippen LogP contribution < -0.4 is 0 Å². The van der Waals surface area contributed by atoms with E-state index < -0.39 is 29.3 Å². The standard InChI is InChI=1S/C14H32O5Si2/c1-5-9-21(18-2,19-20(3,4)17)10-8-12-6-7-13(15)14(16)11-12/h12-17H,5-11H2,1-4H3. The summed E-state index contributed by atoms with van der Waals surface area (Å²) in [4.78, 5) is 10.1. The van der Waals surface area contributed by atoms with Crippen molar-refractivity contribution in [2.24, 2.45) is 5.92 Å². The third kappa shape index (κ3) is 6.47. The van der Waals surface area contributed by atoms with Crippen LogP contribution in [0.3, 0.4) is 0 Å². The van der Waals surface area contributed by atoms with Crippen LogP contribution in [-0.4, -0.2) is 51.4 Å². The van der Waals surface area contributed by atoms with Gasteiger partial charge in [-0.2, -0.15) is 0 Å². The van der Waals surface area contributed by atoms with E-state index in [1.54, 1.807) is 20.2 Å². The number of rotatable bonds is 8. The van der Waals surface area contributed by atoms with Gasteiger partial charge < -0.3 is 23.5 Å². The van der Waals surface area contributed by atoms with Crippen molar-refractivity contribution in [3.8, 4) is 0 Å². The van der Waals surface area contributed by atoms with Gasteiger partial charge in [-0.25, -0.2) is 0 Å². The molecular weight excluding hydrogens is 304 g/mol. The van der Waals surface area contributed by atoms with Gasteiger partial charge in [0.1, 0.15) is 0 Å². The molecule has 7 heteroatoms. The lowest BCUT2D eigenvalue weighted by molar-refractivity contribution is -0.0260. The van der Waals surface area contributed by atoms with E-state index in [0.717, 1.165) is 31.4 Å². The first kappa shape index (κ1) is 19.3. The Labute approximate surface area is 130 Å². The lowest BCUT2D eigenvalue weighted by Crippen LogP contribution is -2.50. The van der Waals surface area contributed by atoms with Gasteiger partial charge in [0.2, 0.25) is 0 Å². The Hall–Kier alpha value is 0.234. The lowest BCUT2D eigenvalue weighted by Gasteiger charge is -2.36. The van der Waals surface area contributed by atoms with Crippen molar-refractivity contribution in [3.05, 3.63) is 0 Å². The van der Waals surface area contributed by atoms with E-state index in [2.05, 4.69) is 6.92 Å². The van der Waals surface area contributed by atoms with Crippen LogP contribution in [0.1, 0.15) is 39.0 Å². The third-order valence-corrected chi connectivity index (χ3v) is 10.8. The molecule has 126 valence electrons. The quantitative estimate of drug-likeness (QED) is 0.592. The monoisotopic (exact) mass is 336 g/mol. The zero-order valence-electron chi connectivity index (χ0n) is 13.8. The van der Waals surface area contributed by atoms with Crippen LogP contribution in [0.15, 0.2) is 0 Å². The summed E-state index contributed by atoms with van der Waals surface area (Å²) in [6.07, 6.45) is 3.02. The molecule has 0 aromatic rings. The fourth-order valence-corrected chi connectivity index (χ4v) is 10.3. The Morgan fingerprint density at radius 3 is 2.24 bits per heavy atom. The van der Waals surface area contributed by atoms with E-state index in [1.807, 2.05) is 0 Å². The molecule has 1 fully saturated rings. The second kappa shape index (κ2) is 8.19. The predicted octanol–water partition coefficient (Wildman–Crippen LogP) is 2.11. The topological polar surface area (TPSA) is 79.2 Å². The molecular formula is C14H32O5Si2. The molecule has 5 nitrogen and oxygen atoms in total. The third-order valence-electron chi connectivity index (χ3n) is 4.26. The van der Waals surface area contributed by atoms with Gasteiger partial charge >= 0.3 is 17.1 Å². The summed E-state index contributed by atoms with van der Waals surface area (Å²) in [6.45, 7) is 5.67. The average Bonchev–Trinajstić information content (AvgIpc) is 2.38. The Bertz CT molecular complexity index is 310. The fraction of sp³-hybridized carbons (Fsp3) is 1.00. The van der Waals surface area contributed by atoms with Crippen LogP contribution in [0.5, 0.6) is 0 Å². The van der Waals surface area contributed by atoms with Gasteiger partial charge in [0, 0.05) is 7.11 Å². The van der Waals surface area contributed by atoms with Gasteiger partial charge in [-0.1, -0.05) is 13.3 Å². The highest BCUT2D eigenvalue weighted by Gasteiger charge is 2.42.